The van der Waals surface area contributed by atoms with Gasteiger partial charge in [0.1, 0.15) is 11.6 Å². The molecular formula is C25H23FN2O4S. The Bertz CT molecular complexity index is 1420. The largest absolute Gasteiger partial charge is 0.497 e. The number of benzene rings is 2. The van der Waals surface area contributed by atoms with Crippen LogP contribution in [0.3, 0.4) is 0 Å². The van der Waals surface area contributed by atoms with Gasteiger partial charge in [-0.2, -0.15) is 0 Å². The zero-order valence-electron chi connectivity index (χ0n) is 18.7. The Morgan fingerprint density at radius 3 is 2.61 bits per heavy atom. The van der Waals surface area contributed by atoms with Gasteiger partial charge in [0.25, 0.3) is 5.56 Å². The van der Waals surface area contributed by atoms with Crippen LogP contribution in [0.2, 0.25) is 0 Å². The number of rotatable bonds is 5. The van der Waals surface area contributed by atoms with Gasteiger partial charge in [0.05, 0.1) is 35.1 Å². The Kier molecular flexibility index (Phi) is 6.29. The highest BCUT2D eigenvalue weighted by atomic mass is 32.1. The van der Waals surface area contributed by atoms with Crippen LogP contribution < -0.4 is 19.6 Å². The van der Waals surface area contributed by atoms with Gasteiger partial charge in [-0.15, -0.1) is 0 Å². The summed E-state index contributed by atoms with van der Waals surface area (Å²) in [5, 5.41) is 0. The predicted molar refractivity (Wildman–Crippen MR) is 124 cm³/mol. The highest BCUT2D eigenvalue weighted by Crippen LogP contribution is 2.32. The molecule has 0 radical (unpaired) electrons. The van der Waals surface area contributed by atoms with Crippen molar-refractivity contribution in [1.29, 1.82) is 0 Å². The molecule has 0 aliphatic carbocycles. The standard InChI is InChI=1S/C25H23FN2O4S/c1-14(2)32-24(30)21-15(3)27-25-28(22(21)17-6-5-7-19(13-17)31-4)23(29)20(33-25)12-16-8-10-18(26)11-9-16/h5-14,22H,1-4H3/b20-12+/t22-/m1/s1. The first-order chi connectivity index (χ1) is 15.8. The Labute approximate surface area is 193 Å². The van der Waals surface area contributed by atoms with Crippen LogP contribution in [0.5, 0.6) is 5.75 Å². The maximum atomic E-state index is 13.5. The Hall–Kier alpha value is -3.52. The van der Waals surface area contributed by atoms with Crippen molar-refractivity contribution in [1.82, 2.24) is 4.57 Å². The maximum Gasteiger partial charge on any atom is 0.338 e. The lowest BCUT2D eigenvalue weighted by Crippen LogP contribution is -2.40. The molecule has 0 saturated heterocycles. The molecule has 0 fully saturated rings. The maximum absolute atomic E-state index is 13.5. The lowest BCUT2D eigenvalue weighted by atomic mass is 9.95. The number of aromatic nitrogens is 1. The second-order valence-electron chi connectivity index (χ2n) is 7.86. The molecule has 1 atom stereocenters. The van der Waals surface area contributed by atoms with Crippen molar-refractivity contribution in [2.45, 2.75) is 32.9 Å². The van der Waals surface area contributed by atoms with Crippen LogP contribution in [-0.2, 0) is 9.53 Å². The molecule has 1 aromatic heterocycles. The number of ether oxygens (including phenoxy) is 2. The van der Waals surface area contributed by atoms with E-state index in [4.69, 9.17) is 9.47 Å². The molecule has 4 rings (SSSR count). The van der Waals surface area contributed by atoms with E-state index in [1.54, 1.807) is 58.2 Å². The van der Waals surface area contributed by atoms with Gasteiger partial charge >= 0.3 is 5.97 Å². The highest BCUT2D eigenvalue weighted by molar-refractivity contribution is 7.07. The van der Waals surface area contributed by atoms with Crippen molar-refractivity contribution in [2.24, 2.45) is 4.99 Å². The van der Waals surface area contributed by atoms with Crippen LogP contribution in [0.4, 0.5) is 4.39 Å². The number of thiazole rings is 1. The zero-order valence-corrected chi connectivity index (χ0v) is 19.5. The van der Waals surface area contributed by atoms with E-state index in [1.807, 2.05) is 12.1 Å². The number of esters is 1. The number of carbonyl (C=O) groups excluding carboxylic acids is 1. The Balaban J connectivity index is 1.95. The molecule has 0 bridgehead atoms. The molecule has 8 heteroatoms. The third-order valence-electron chi connectivity index (χ3n) is 5.16. The molecule has 33 heavy (non-hydrogen) atoms. The summed E-state index contributed by atoms with van der Waals surface area (Å²) in [7, 11) is 1.56. The number of fused-ring (bicyclic) bond motifs is 1. The number of allylic oxidation sites excluding steroid dienone is 1. The normalized spacial score (nSPS) is 15.9. The van der Waals surface area contributed by atoms with E-state index < -0.39 is 12.0 Å². The molecule has 3 aromatic rings. The van der Waals surface area contributed by atoms with Crippen LogP contribution in [0, 0.1) is 5.82 Å². The molecule has 0 spiro atoms. The smallest absolute Gasteiger partial charge is 0.338 e. The summed E-state index contributed by atoms with van der Waals surface area (Å²) in [6, 6.07) is 12.4. The average Bonchev–Trinajstić information content (AvgIpc) is 3.08. The SMILES string of the molecule is COc1cccc([C@@H]2C(C(=O)OC(C)C)=C(C)N=c3s/c(=C/c4ccc(F)cc4)c(=O)n32)c1. The monoisotopic (exact) mass is 466 g/mol. The second kappa shape index (κ2) is 9.15. The van der Waals surface area contributed by atoms with Crippen LogP contribution in [0.15, 0.2) is 69.6 Å². The van der Waals surface area contributed by atoms with Crippen LogP contribution in [-0.4, -0.2) is 23.8 Å². The second-order valence-corrected chi connectivity index (χ2v) is 8.87. The molecule has 170 valence electrons. The van der Waals surface area contributed by atoms with E-state index in [0.29, 0.717) is 37.5 Å². The predicted octanol–water partition coefficient (Wildman–Crippen LogP) is 3.33. The fourth-order valence-corrected chi connectivity index (χ4v) is 4.74. The summed E-state index contributed by atoms with van der Waals surface area (Å²) in [6.45, 7) is 5.28. The van der Waals surface area contributed by atoms with Crippen molar-refractivity contribution in [2.75, 3.05) is 7.11 Å². The molecule has 0 N–H and O–H groups in total. The van der Waals surface area contributed by atoms with Gasteiger partial charge in [-0.3, -0.25) is 9.36 Å². The number of halogens is 1. The highest BCUT2D eigenvalue weighted by Gasteiger charge is 2.34. The van der Waals surface area contributed by atoms with Crippen molar-refractivity contribution in [3.05, 3.63) is 96.4 Å². The molecule has 2 aromatic carbocycles. The minimum atomic E-state index is -0.724. The van der Waals surface area contributed by atoms with Crippen molar-refractivity contribution in [3.8, 4) is 5.75 Å². The summed E-state index contributed by atoms with van der Waals surface area (Å²) in [6.07, 6.45) is 1.36. The van der Waals surface area contributed by atoms with E-state index in [1.165, 1.54) is 28.0 Å². The summed E-state index contributed by atoms with van der Waals surface area (Å²) in [5.74, 6) is -0.269. The molecule has 0 amide bonds. The minimum absolute atomic E-state index is 0.293. The van der Waals surface area contributed by atoms with Gasteiger partial charge in [-0.25, -0.2) is 14.2 Å². The van der Waals surface area contributed by atoms with Gasteiger partial charge in [0.15, 0.2) is 4.80 Å². The minimum Gasteiger partial charge on any atom is -0.497 e. The van der Waals surface area contributed by atoms with E-state index in [-0.39, 0.29) is 17.5 Å². The molecule has 2 heterocycles. The van der Waals surface area contributed by atoms with Gasteiger partial charge in [0.2, 0.25) is 0 Å². The van der Waals surface area contributed by atoms with Crippen LogP contribution >= 0.6 is 11.3 Å². The molecule has 6 nitrogen and oxygen atoms in total. The molecule has 1 aliphatic rings. The first-order valence-electron chi connectivity index (χ1n) is 10.4. The fourth-order valence-electron chi connectivity index (χ4n) is 3.70. The molecule has 0 saturated carbocycles. The van der Waals surface area contributed by atoms with Crippen LogP contribution in [0.25, 0.3) is 6.08 Å². The summed E-state index contributed by atoms with van der Waals surface area (Å²) >= 11 is 1.22. The number of nitrogens with zero attached hydrogens (tertiary/aromatic N) is 2. The van der Waals surface area contributed by atoms with Crippen molar-refractivity contribution >= 4 is 23.4 Å². The quantitative estimate of drug-likeness (QED) is 0.541. The molecular weight excluding hydrogens is 443 g/mol. The summed E-state index contributed by atoms with van der Waals surface area (Å²) in [5.41, 5.74) is 1.89. The third-order valence-corrected chi connectivity index (χ3v) is 6.14. The van der Waals surface area contributed by atoms with Gasteiger partial charge in [0, 0.05) is 0 Å². The fraction of sp³-hybridized carbons (Fsp3) is 0.240. The van der Waals surface area contributed by atoms with E-state index in [9.17, 15) is 14.0 Å². The first-order valence-corrected chi connectivity index (χ1v) is 11.2. The number of carbonyl (C=O) groups is 1. The van der Waals surface area contributed by atoms with Crippen molar-refractivity contribution < 1.29 is 18.7 Å². The Morgan fingerprint density at radius 2 is 1.94 bits per heavy atom. The topological polar surface area (TPSA) is 69.9 Å². The third kappa shape index (κ3) is 4.52. The number of hydrogen-bond acceptors (Lipinski definition) is 6. The lowest BCUT2D eigenvalue weighted by Gasteiger charge is -2.25. The average molecular weight is 467 g/mol. The summed E-state index contributed by atoms with van der Waals surface area (Å²) in [4.78, 5) is 31.6. The van der Waals surface area contributed by atoms with Gasteiger partial charge in [-0.1, -0.05) is 35.6 Å². The molecule has 0 unspecified atom stereocenters. The van der Waals surface area contributed by atoms with Gasteiger partial charge < -0.3 is 9.47 Å². The van der Waals surface area contributed by atoms with Crippen molar-refractivity contribution in [3.63, 3.8) is 0 Å². The lowest BCUT2D eigenvalue weighted by molar-refractivity contribution is -0.143. The number of hydrogen-bond donors (Lipinski definition) is 0. The van der Waals surface area contributed by atoms with Gasteiger partial charge in [-0.05, 0) is 62.2 Å². The van der Waals surface area contributed by atoms with Crippen LogP contribution in [0.1, 0.15) is 37.9 Å². The molecule has 1 aliphatic heterocycles. The summed E-state index contributed by atoms with van der Waals surface area (Å²) < 4.78 is 26.1. The van der Waals surface area contributed by atoms with E-state index in [0.717, 1.165) is 0 Å². The van der Waals surface area contributed by atoms with E-state index in [2.05, 4.69) is 4.99 Å². The first kappa shape index (κ1) is 22.7. The zero-order chi connectivity index (χ0) is 23.7. The Morgan fingerprint density at radius 1 is 1.21 bits per heavy atom. The number of methoxy groups -OCH3 is 1. The van der Waals surface area contributed by atoms with E-state index >= 15 is 0 Å².